The molecule has 2 nitrogen and oxygen atoms in total. The van der Waals surface area contributed by atoms with E-state index in [1.807, 2.05) is 6.92 Å². The molecular weight excluding hydrogens is 188 g/mol. The van der Waals surface area contributed by atoms with Gasteiger partial charge in [-0.15, -0.1) is 0 Å². The third kappa shape index (κ3) is 3.69. The van der Waals surface area contributed by atoms with E-state index in [9.17, 15) is 4.79 Å². The van der Waals surface area contributed by atoms with Crippen molar-refractivity contribution in [3.63, 3.8) is 0 Å². The first-order valence-electron chi connectivity index (χ1n) is 6.17. The Hall–Kier alpha value is -0.790. The van der Waals surface area contributed by atoms with Crippen molar-refractivity contribution in [2.75, 3.05) is 6.61 Å². The summed E-state index contributed by atoms with van der Waals surface area (Å²) in [4.78, 5) is 11.4. The maximum atomic E-state index is 11.4. The minimum atomic E-state index is -0.0748. The van der Waals surface area contributed by atoms with Crippen LogP contribution < -0.4 is 0 Å². The van der Waals surface area contributed by atoms with Crippen LogP contribution >= 0.6 is 0 Å². The molecule has 0 aromatic carbocycles. The molecule has 0 saturated carbocycles. The number of esters is 1. The second-order valence-corrected chi connectivity index (χ2v) is 4.11. The molecule has 0 bridgehead atoms. The Morgan fingerprint density at radius 3 is 2.53 bits per heavy atom. The van der Waals surface area contributed by atoms with Gasteiger partial charge in [0.1, 0.15) is 0 Å². The average Bonchev–Trinajstić information content (AvgIpc) is 2.16. The number of unbranched alkanes of at least 4 members (excludes halogenated alkanes) is 3. The zero-order chi connectivity index (χ0) is 11.1. The van der Waals surface area contributed by atoms with Crippen molar-refractivity contribution in [3.05, 3.63) is 11.1 Å². The van der Waals surface area contributed by atoms with Crippen molar-refractivity contribution in [2.45, 2.75) is 58.8 Å². The highest BCUT2D eigenvalue weighted by Crippen LogP contribution is 2.32. The number of carbonyl (C=O) groups excluding carboxylic acids is 1. The Labute approximate surface area is 92.7 Å². The fourth-order valence-electron chi connectivity index (χ4n) is 1.93. The van der Waals surface area contributed by atoms with Gasteiger partial charge in [-0.3, -0.25) is 0 Å². The van der Waals surface area contributed by atoms with Gasteiger partial charge in [-0.25, -0.2) is 4.79 Å². The fourth-order valence-corrected chi connectivity index (χ4v) is 1.93. The summed E-state index contributed by atoms with van der Waals surface area (Å²) < 4.78 is 5.01. The largest absolute Gasteiger partial charge is 0.463 e. The summed E-state index contributed by atoms with van der Waals surface area (Å²) in [6.45, 7) is 4.57. The van der Waals surface area contributed by atoms with Gasteiger partial charge in [0.25, 0.3) is 0 Å². The molecule has 0 aliphatic heterocycles. The number of rotatable bonds is 7. The van der Waals surface area contributed by atoms with E-state index in [0.717, 1.165) is 24.8 Å². The highest BCUT2D eigenvalue weighted by molar-refractivity contribution is 5.91. The molecule has 0 unspecified atom stereocenters. The summed E-state index contributed by atoms with van der Waals surface area (Å²) in [6.07, 6.45) is 8.24. The SMILES string of the molecule is CCCCCCC1=C(C(=O)OCC)CC1. The van der Waals surface area contributed by atoms with Crippen molar-refractivity contribution in [1.82, 2.24) is 0 Å². The second kappa shape index (κ2) is 6.65. The van der Waals surface area contributed by atoms with Crippen LogP contribution in [0.2, 0.25) is 0 Å². The van der Waals surface area contributed by atoms with Crippen LogP contribution in [0.5, 0.6) is 0 Å². The summed E-state index contributed by atoms with van der Waals surface area (Å²) in [6, 6.07) is 0. The van der Waals surface area contributed by atoms with Crippen LogP contribution in [0.4, 0.5) is 0 Å². The predicted molar refractivity (Wildman–Crippen MR) is 61.7 cm³/mol. The standard InChI is InChI=1S/C13H22O2/c1-3-5-6-7-8-11-9-10-12(11)13(14)15-4-2/h3-10H2,1-2H3. The second-order valence-electron chi connectivity index (χ2n) is 4.11. The zero-order valence-electron chi connectivity index (χ0n) is 9.97. The molecule has 1 aliphatic rings. The Morgan fingerprint density at radius 1 is 1.20 bits per heavy atom. The minimum Gasteiger partial charge on any atom is -0.463 e. The van der Waals surface area contributed by atoms with Crippen LogP contribution in [0.25, 0.3) is 0 Å². The molecule has 0 amide bonds. The smallest absolute Gasteiger partial charge is 0.333 e. The van der Waals surface area contributed by atoms with Crippen LogP contribution in [0, 0.1) is 0 Å². The Morgan fingerprint density at radius 2 is 2.00 bits per heavy atom. The lowest BCUT2D eigenvalue weighted by molar-refractivity contribution is -0.139. The summed E-state index contributed by atoms with van der Waals surface area (Å²) in [5.41, 5.74) is 2.32. The molecule has 1 rings (SSSR count). The monoisotopic (exact) mass is 210 g/mol. The Kier molecular flexibility index (Phi) is 5.44. The van der Waals surface area contributed by atoms with Crippen LogP contribution in [-0.2, 0) is 9.53 Å². The van der Waals surface area contributed by atoms with E-state index in [2.05, 4.69) is 6.92 Å². The van der Waals surface area contributed by atoms with E-state index in [-0.39, 0.29) is 5.97 Å². The predicted octanol–water partition coefficient (Wildman–Crippen LogP) is 3.61. The van der Waals surface area contributed by atoms with Crippen LogP contribution in [0.3, 0.4) is 0 Å². The fraction of sp³-hybridized carbons (Fsp3) is 0.769. The molecule has 0 saturated heterocycles. The topological polar surface area (TPSA) is 26.3 Å². The van der Waals surface area contributed by atoms with Crippen molar-refractivity contribution in [3.8, 4) is 0 Å². The first-order chi connectivity index (χ1) is 7.29. The molecule has 0 heterocycles. The molecule has 0 spiro atoms. The molecule has 0 aromatic heterocycles. The van der Waals surface area contributed by atoms with Gasteiger partial charge in [0, 0.05) is 5.57 Å². The van der Waals surface area contributed by atoms with Crippen molar-refractivity contribution < 1.29 is 9.53 Å². The maximum Gasteiger partial charge on any atom is 0.333 e. The van der Waals surface area contributed by atoms with Gasteiger partial charge >= 0.3 is 5.97 Å². The third-order valence-corrected chi connectivity index (χ3v) is 2.96. The number of carbonyl (C=O) groups is 1. The normalized spacial score (nSPS) is 15.1. The van der Waals surface area contributed by atoms with Gasteiger partial charge in [0.2, 0.25) is 0 Å². The molecule has 2 heteroatoms. The number of hydrogen-bond donors (Lipinski definition) is 0. The highest BCUT2D eigenvalue weighted by atomic mass is 16.5. The van der Waals surface area contributed by atoms with E-state index in [1.54, 1.807) is 0 Å². The summed E-state index contributed by atoms with van der Waals surface area (Å²) >= 11 is 0. The Balaban J connectivity index is 2.28. The number of allylic oxidation sites excluding steroid dienone is 1. The number of ether oxygens (including phenoxy) is 1. The molecule has 0 atom stereocenters. The molecular formula is C13H22O2. The summed E-state index contributed by atoms with van der Waals surface area (Å²) in [5, 5.41) is 0. The third-order valence-electron chi connectivity index (χ3n) is 2.96. The van der Waals surface area contributed by atoms with E-state index >= 15 is 0 Å². The number of hydrogen-bond acceptors (Lipinski definition) is 2. The van der Waals surface area contributed by atoms with Gasteiger partial charge < -0.3 is 4.74 Å². The van der Waals surface area contributed by atoms with Crippen LogP contribution in [0.15, 0.2) is 11.1 Å². The van der Waals surface area contributed by atoms with Gasteiger partial charge in [0.15, 0.2) is 0 Å². The zero-order valence-corrected chi connectivity index (χ0v) is 9.97. The van der Waals surface area contributed by atoms with E-state index < -0.39 is 0 Å². The quantitative estimate of drug-likeness (QED) is 0.474. The highest BCUT2D eigenvalue weighted by Gasteiger charge is 2.23. The Bertz CT molecular complexity index is 241. The van der Waals surface area contributed by atoms with Crippen molar-refractivity contribution in [1.29, 1.82) is 0 Å². The maximum absolute atomic E-state index is 11.4. The van der Waals surface area contributed by atoms with Gasteiger partial charge in [-0.05, 0) is 32.6 Å². The van der Waals surface area contributed by atoms with Crippen LogP contribution in [-0.4, -0.2) is 12.6 Å². The van der Waals surface area contributed by atoms with Crippen molar-refractivity contribution >= 4 is 5.97 Å². The average molecular weight is 210 g/mol. The van der Waals surface area contributed by atoms with Crippen molar-refractivity contribution in [2.24, 2.45) is 0 Å². The molecule has 15 heavy (non-hydrogen) atoms. The molecule has 86 valence electrons. The summed E-state index contributed by atoms with van der Waals surface area (Å²) in [5.74, 6) is -0.0748. The first kappa shape index (κ1) is 12.3. The molecule has 0 radical (unpaired) electrons. The van der Waals surface area contributed by atoms with E-state index in [0.29, 0.717) is 6.61 Å². The van der Waals surface area contributed by atoms with Gasteiger partial charge in [0.05, 0.1) is 6.61 Å². The molecule has 0 fully saturated rings. The molecule has 1 aliphatic carbocycles. The minimum absolute atomic E-state index is 0.0748. The van der Waals surface area contributed by atoms with Crippen LogP contribution in [0.1, 0.15) is 58.8 Å². The van der Waals surface area contributed by atoms with Gasteiger partial charge in [-0.2, -0.15) is 0 Å². The lowest BCUT2D eigenvalue weighted by Gasteiger charge is -2.22. The first-order valence-corrected chi connectivity index (χ1v) is 6.17. The molecule has 0 N–H and O–H groups in total. The van der Waals surface area contributed by atoms with E-state index in [4.69, 9.17) is 4.74 Å². The summed E-state index contributed by atoms with van der Waals surface area (Å²) in [7, 11) is 0. The van der Waals surface area contributed by atoms with Gasteiger partial charge in [-0.1, -0.05) is 31.8 Å². The molecule has 0 aromatic rings. The lowest BCUT2D eigenvalue weighted by atomic mass is 9.85. The lowest BCUT2D eigenvalue weighted by Crippen LogP contribution is -2.16. The van der Waals surface area contributed by atoms with E-state index in [1.165, 1.54) is 31.3 Å².